The normalized spacial score (nSPS) is 18.4. The molecule has 1 atom stereocenters. The van der Waals surface area contributed by atoms with E-state index in [1.165, 1.54) is 0 Å². The molecule has 25 heavy (non-hydrogen) atoms. The van der Waals surface area contributed by atoms with Gasteiger partial charge in [-0.15, -0.1) is 0 Å². The largest absolute Gasteiger partial charge is 0.444 e. The first-order valence-corrected chi connectivity index (χ1v) is 8.87. The van der Waals surface area contributed by atoms with E-state index in [1.54, 1.807) is 22.4 Å². The summed E-state index contributed by atoms with van der Waals surface area (Å²) in [5, 5.41) is 11.1. The molecule has 0 spiro atoms. The first-order chi connectivity index (χ1) is 11.8. The van der Waals surface area contributed by atoms with Crippen LogP contribution in [0.1, 0.15) is 45.1 Å². The van der Waals surface area contributed by atoms with E-state index in [-0.39, 0.29) is 12.0 Å². The van der Waals surface area contributed by atoms with Crippen LogP contribution in [0.3, 0.4) is 0 Å². The molecule has 3 rings (SSSR count). The molecule has 1 fully saturated rings. The molecule has 2 aromatic heterocycles. The second-order valence-corrected chi connectivity index (χ2v) is 7.76. The van der Waals surface area contributed by atoms with E-state index in [1.807, 2.05) is 39.1 Å². The van der Waals surface area contributed by atoms with Crippen molar-refractivity contribution in [3.05, 3.63) is 30.1 Å². The number of nitrogens with zero attached hydrogens (tertiary/aromatic N) is 3. The minimum Gasteiger partial charge on any atom is -0.444 e. The third-order valence-electron chi connectivity index (χ3n) is 4.54. The highest BCUT2D eigenvalue weighted by molar-refractivity contribution is 6.48. The first kappa shape index (κ1) is 17.8. The number of rotatable bonds is 2. The summed E-state index contributed by atoms with van der Waals surface area (Å²) >= 11 is 0. The number of carbonyl (C=O) groups is 1. The number of pyridine rings is 1. The van der Waals surface area contributed by atoms with Gasteiger partial charge in [0.05, 0.1) is 0 Å². The highest BCUT2D eigenvalue weighted by Gasteiger charge is 2.30. The fourth-order valence-electron chi connectivity index (χ4n) is 3.44. The molecule has 134 valence electrons. The fraction of sp³-hybridized carbons (Fsp3) is 0.556. The average molecular weight is 343 g/mol. The lowest BCUT2D eigenvalue weighted by atomic mass is 9.88. The summed E-state index contributed by atoms with van der Waals surface area (Å²) in [5.41, 5.74) is 1.43. The van der Waals surface area contributed by atoms with Gasteiger partial charge in [-0.3, -0.25) is 0 Å². The molecule has 1 N–H and O–H groups in total. The number of likely N-dealkylation sites (tertiary alicyclic amines) is 1. The van der Waals surface area contributed by atoms with Crippen LogP contribution >= 0.6 is 0 Å². The summed E-state index contributed by atoms with van der Waals surface area (Å²) in [6.07, 6.45) is 5.40. The van der Waals surface area contributed by atoms with Crippen molar-refractivity contribution in [3.63, 3.8) is 0 Å². The molecule has 2 aromatic rings. The molecule has 0 bridgehead atoms. The molecule has 1 unspecified atom stereocenters. The van der Waals surface area contributed by atoms with Crippen molar-refractivity contribution in [1.82, 2.24) is 14.4 Å². The smallest absolute Gasteiger partial charge is 0.414 e. The second kappa shape index (κ2) is 6.71. The zero-order chi connectivity index (χ0) is 18.2. The van der Waals surface area contributed by atoms with Crippen molar-refractivity contribution in [2.24, 2.45) is 0 Å². The van der Waals surface area contributed by atoms with Crippen molar-refractivity contribution in [3.8, 4) is 0 Å². The van der Waals surface area contributed by atoms with E-state index in [0.717, 1.165) is 36.0 Å². The second-order valence-electron chi connectivity index (χ2n) is 7.76. The SMILES string of the molecule is CB(O)n1cc(C2CCCN(C(=O)OC(C)(C)C)C2)c2cccnc21. The number of fused-ring (bicyclic) bond motifs is 1. The number of hydrogen-bond acceptors (Lipinski definition) is 4. The Bertz CT molecular complexity index is 767. The minimum atomic E-state index is -0.642. The van der Waals surface area contributed by atoms with Gasteiger partial charge in [-0.05, 0) is 64.3 Å². The van der Waals surface area contributed by atoms with E-state index in [0.29, 0.717) is 6.54 Å². The predicted molar refractivity (Wildman–Crippen MR) is 98.7 cm³/mol. The Kier molecular flexibility index (Phi) is 4.78. The minimum absolute atomic E-state index is 0.216. The van der Waals surface area contributed by atoms with Crippen LogP contribution in [-0.2, 0) is 4.74 Å². The monoisotopic (exact) mass is 343 g/mol. The zero-order valence-electron chi connectivity index (χ0n) is 15.4. The molecular formula is C18H26BN3O3. The number of aromatic nitrogens is 2. The van der Waals surface area contributed by atoms with Gasteiger partial charge in [0.2, 0.25) is 0 Å². The maximum Gasteiger partial charge on any atom is 0.414 e. The van der Waals surface area contributed by atoms with Crippen LogP contribution in [0.2, 0.25) is 6.82 Å². The molecule has 1 aliphatic rings. The van der Waals surface area contributed by atoms with Gasteiger partial charge in [-0.2, -0.15) is 0 Å². The summed E-state index contributed by atoms with van der Waals surface area (Å²) in [7, 11) is -0.642. The van der Waals surface area contributed by atoms with E-state index < -0.39 is 12.7 Å². The zero-order valence-corrected chi connectivity index (χ0v) is 15.4. The van der Waals surface area contributed by atoms with Crippen molar-refractivity contribution >= 4 is 24.2 Å². The van der Waals surface area contributed by atoms with Crippen LogP contribution in [-0.4, -0.2) is 51.2 Å². The molecule has 1 aliphatic heterocycles. The Hall–Kier alpha value is -2.02. The van der Waals surface area contributed by atoms with Crippen molar-refractivity contribution in [1.29, 1.82) is 0 Å². The van der Waals surface area contributed by atoms with Crippen LogP contribution in [0, 0.1) is 0 Å². The summed E-state index contributed by atoms with van der Waals surface area (Å²) in [5.74, 6) is 0.216. The highest BCUT2D eigenvalue weighted by atomic mass is 16.6. The topological polar surface area (TPSA) is 67.6 Å². The Morgan fingerprint density at radius 1 is 1.44 bits per heavy atom. The van der Waals surface area contributed by atoms with Gasteiger partial charge < -0.3 is 19.1 Å². The predicted octanol–water partition coefficient (Wildman–Crippen LogP) is 3.11. The molecule has 1 amide bonds. The Morgan fingerprint density at radius 2 is 2.20 bits per heavy atom. The number of amides is 1. The Morgan fingerprint density at radius 3 is 2.88 bits per heavy atom. The van der Waals surface area contributed by atoms with Gasteiger partial charge in [0.25, 0.3) is 0 Å². The maximum atomic E-state index is 12.4. The van der Waals surface area contributed by atoms with Gasteiger partial charge in [-0.1, -0.05) is 0 Å². The Balaban J connectivity index is 1.87. The van der Waals surface area contributed by atoms with Crippen molar-refractivity contribution in [2.45, 2.75) is 52.0 Å². The molecule has 0 aromatic carbocycles. The molecule has 1 saturated heterocycles. The molecule has 3 heterocycles. The lowest BCUT2D eigenvalue weighted by Gasteiger charge is -2.34. The fourth-order valence-corrected chi connectivity index (χ4v) is 3.44. The summed E-state index contributed by atoms with van der Waals surface area (Å²) in [6, 6.07) is 3.94. The van der Waals surface area contributed by atoms with Crippen LogP contribution in [0.5, 0.6) is 0 Å². The van der Waals surface area contributed by atoms with Crippen LogP contribution in [0.4, 0.5) is 4.79 Å². The average Bonchev–Trinajstić information content (AvgIpc) is 2.93. The number of piperidine rings is 1. The third-order valence-corrected chi connectivity index (χ3v) is 4.54. The van der Waals surface area contributed by atoms with E-state index in [2.05, 4.69) is 4.98 Å². The van der Waals surface area contributed by atoms with Gasteiger partial charge in [-0.25, -0.2) is 9.78 Å². The summed E-state index contributed by atoms with van der Waals surface area (Å²) in [4.78, 5) is 18.6. The lowest BCUT2D eigenvalue weighted by molar-refractivity contribution is 0.0198. The van der Waals surface area contributed by atoms with Gasteiger partial charge in [0.1, 0.15) is 11.2 Å². The highest BCUT2D eigenvalue weighted by Crippen LogP contribution is 2.33. The number of ether oxygens (including phenoxy) is 1. The molecule has 0 saturated carbocycles. The van der Waals surface area contributed by atoms with Crippen LogP contribution in [0.15, 0.2) is 24.5 Å². The third kappa shape index (κ3) is 3.81. The first-order valence-electron chi connectivity index (χ1n) is 8.87. The molecule has 0 radical (unpaired) electrons. The number of carbonyl (C=O) groups excluding carboxylic acids is 1. The van der Waals surface area contributed by atoms with E-state index in [9.17, 15) is 9.82 Å². The molecule has 7 heteroatoms. The Labute approximate surface area is 148 Å². The maximum absolute atomic E-state index is 12.4. The number of hydrogen-bond donors (Lipinski definition) is 1. The van der Waals surface area contributed by atoms with E-state index in [4.69, 9.17) is 4.74 Å². The molecule has 6 nitrogen and oxygen atoms in total. The lowest BCUT2D eigenvalue weighted by Crippen LogP contribution is -2.42. The van der Waals surface area contributed by atoms with Crippen molar-refractivity contribution in [2.75, 3.05) is 13.1 Å². The molecular weight excluding hydrogens is 317 g/mol. The standard InChI is InChI=1S/C18H26BN3O3/c1-18(2,3)25-17(23)21-10-6-7-13(11-21)15-12-22(19(4)24)16-14(15)8-5-9-20-16/h5,8-9,12-13,24H,6-7,10-11H2,1-4H3. The van der Waals surface area contributed by atoms with E-state index >= 15 is 0 Å². The van der Waals surface area contributed by atoms with Crippen molar-refractivity contribution < 1.29 is 14.6 Å². The molecule has 0 aliphatic carbocycles. The van der Waals surface area contributed by atoms with Gasteiger partial charge in [0, 0.05) is 30.6 Å². The van der Waals surface area contributed by atoms with Crippen LogP contribution in [0.25, 0.3) is 11.0 Å². The summed E-state index contributed by atoms with van der Waals surface area (Å²) in [6.45, 7) is 8.73. The van der Waals surface area contributed by atoms with Gasteiger partial charge >= 0.3 is 13.1 Å². The van der Waals surface area contributed by atoms with Gasteiger partial charge in [0.15, 0.2) is 0 Å². The van der Waals surface area contributed by atoms with Crippen LogP contribution < -0.4 is 0 Å². The summed E-state index contributed by atoms with van der Waals surface area (Å²) < 4.78 is 7.31. The quantitative estimate of drug-likeness (QED) is 0.851.